The summed E-state index contributed by atoms with van der Waals surface area (Å²) in [7, 11) is 1.82. The van der Waals surface area contributed by atoms with Crippen molar-refractivity contribution in [3.05, 3.63) is 0 Å². The highest BCUT2D eigenvalue weighted by molar-refractivity contribution is 5.85. The van der Waals surface area contributed by atoms with Crippen LogP contribution in [-0.4, -0.2) is 24.5 Å². The summed E-state index contributed by atoms with van der Waals surface area (Å²) < 4.78 is 0. The molecule has 1 aliphatic rings. The highest BCUT2D eigenvalue weighted by atomic mass is 16.2. The molecule has 82 valence electrons. The molecule has 3 nitrogen and oxygen atoms in total. The Kier molecular flexibility index (Phi) is 3.53. The van der Waals surface area contributed by atoms with Gasteiger partial charge in [0.2, 0.25) is 5.91 Å². The van der Waals surface area contributed by atoms with Gasteiger partial charge in [0.1, 0.15) is 0 Å². The molecule has 0 spiro atoms. The molecule has 2 atom stereocenters. The lowest BCUT2D eigenvalue weighted by Gasteiger charge is -2.22. The summed E-state index contributed by atoms with van der Waals surface area (Å²) in [4.78, 5) is 11.7. The van der Waals surface area contributed by atoms with Gasteiger partial charge in [-0.2, -0.15) is 0 Å². The molecule has 3 heteroatoms. The molecule has 2 N–H and O–H groups in total. The number of rotatable bonds is 5. The molecule has 0 bridgehead atoms. The van der Waals surface area contributed by atoms with E-state index in [0.29, 0.717) is 6.04 Å². The Hall–Kier alpha value is -0.570. The fourth-order valence-corrected chi connectivity index (χ4v) is 1.58. The lowest BCUT2D eigenvalue weighted by Crippen LogP contribution is -2.51. The first-order valence-corrected chi connectivity index (χ1v) is 5.51. The molecule has 1 saturated carbocycles. The fourth-order valence-electron chi connectivity index (χ4n) is 1.58. The van der Waals surface area contributed by atoms with Crippen molar-refractivity contribution >= 4 is 5.91 Å². The zero-order valence-corrected chi connectivity index (χ0v) is 9.68. The van der Waals surface area contributed by atoms with Crippen LogP contribution in [0.4, 0.5) is 0 Å². The Morgan fingerprint density at radius 1 is 1.50 bits per heavy atom. The van der Waals surface area contributed by atoms with E-state index < -0.39 is 5.54 Å². The SMILES string of the molecule is CCCC1CC1NC(=O)C(C)(C)NC. The van der Waals surface area contributed by atoms with Crippen molar-refractivity contribution in [1.29, 1.82) is 0 Å². The van der Waals surface area contributed by atoms with Crippen LogP contribution in [0.1, 0.15) is 40.0 Å². The molecule has 0 radical (unpaired) electrons. The molecule has 0 aliphatic heterocycles. The summed E-state index contributed by atoms with van der Waals surface area (Å²) in [6.07, 6.45) is 3.62. The van der Waals surface area contributed by atoms with E-state index in [1.807, 2.05) is 20.9 Å². The summed E-state index contributed by atoms with van der Waals surface area (Å²) in [6, 6.07) is 0.440. The standard InChI is InChI=1S/C11H22N2O/c1-5-6-8-7-9(8)13-10(14)11(2,3)12-4/h8-9,12H,5-7H2,1-4H3,(H,13,14). The van der Waals surface area contributed by atoms with Crippen LogP contribution < -0.4 is 10.6 Å². The summed E-state index contributed by atoms with van der Waals surface area (Å²) in [5, 5.41) is 6.09. The van der Waals surface area contributed by atoms with Crippen LogP contribution in [0.3, 0.4) is 0 Å². The van der Waals surface area contributed by atoms with Crippen LogP contribution in [0, 0.1) is 5.92 Å². The molecule has 1 fully saturated rings. The largest absolute Gasteiger partial charge is 0.351 e. The predicted octanol–water partition coefficient (Wildman–Crippen LogP) is 1.29. The first-order chi connectivity index (χ1) is 6.51. The van der Waals surface area contributed by atoms with Crippen molar-refractivity contribution in [3.8, 4) is 0 Å². The average Bonchev–Trinajstić information content (AvgIpc) is 2.84. The van der Waals surface area contributed by atoms with Crippen LogP contribution in [0.15, 0.2) is 0 Å². The summed E-state index contributed by atoms with van der Waals surface area (Å²) in [5.41, 5.74) is -0.445. The topological polar surface area (TPSA) is 41.1 Å². The Bertz CT molecular complexity index is 213. The molecule has 14 heavy (non-hydrogen) atoms. The van der Waals surface area contributed by atoms with E-state index in [9.17, 15) is 4.79 Å². The van der Waals surface area contributed by atoms with Crippen LogP contribution in [0.25, 0.3) is 0 Å². The van der Waals surface area contributed by atoms with E-state index in [1.165, 1.54) is 19.3 Å². The van der Waals surface area contributed by atoms with Gasteiger partial charge >= 0.3 is 0 Å². The second-order valence-corrected chi connectivity index (χ2v) is 4.74. The molecule has 0 aromatic heterocycles. The Labute approximate surface area is 86.6 Å². The van der Waals surface area contributed by atoms with Crippen molar-refractivity contribution in [2.24, 2.45) is 5.92 Å². The van der Waals surface area contributed by atoms with Gasteiger partial charge in [-0.05, 0) is 39.7 Å². The van der Waals surface area contributed by atoms with Crippen molar-refractivity contribution in [2.75, 3.05) is 7.05 Å². The van der Waals surface area contributed by atoms with Gasteiger partial charge < -0.3 is 10.6 Å². The number of likely N-dealkylation sites (N-methyl/N-ethyl adjacent to an activating group) is 1. The number of carbonyl (C=O) groups excluding carboxylic acids is 1. The van der Waals surface area contributed by atoms with Gasteiger partial charge in [-0.25, -0.2) is 0 Å². The summed E-state index contributed by atoms with van der Waals surface area (Å²) in [6.45, 7) is 5.99. The second-order valence-electron chi connectivity index (χ2n) is 4.74. The zero-order valence-electron chi connectivity index (χ0n) is 9.68. The van der Waals surface area contributed by atoms with Gasteiger partial charge in [0.25, 0.3) is 0 Å². The minimum Gasteiger partial charge on any atom is -0.351 e. The van der Waals surface area contributed by atoms with Crippen molar-refractivity contribution < 1.29 is 4.79 Å². The van der Waals surface area contributed by atoms with Gasteiger partial charge in [0, 0.05) is 6.04 Å². The molecule has 2 unspecified atom stereocenters. The first kappa shape index (κ1) is 11.5. The van der Waals surface area contributed by atoms with Crippen LogP contribution in [0.5, 0.6) is 0 Å². The molecular formula is C11H22N2O. The minimum absolute atomic E-state index is 0.114. The molecule has 0 aromatic rings. The van der Waals surface area contributed by atoms with Crippen LogP contribution in [-0.2, 0) is 4.79 Å². The minimum atomic E-state index is -0.445. The smallest absolute Gasteiger partial charge is 0.239 e. The first-order valence-electron chi connectivity index (χ1n) is 5.51. The molecule has 1 aliphatic carbocycles. The number of amides is 1. The summed E-state index contributed by atoms with van der Waals surface area (Å²) in [5.74, 6) is 0.847. The normalized spacial score (nSPS) is 26.0. The molecule has 1 amide bonds. The Balaban J connectivity index is 2.30. The van der Waals surface area contributed by atoms with E-state index in [1.54, 1.807) is 0 Å². The van der Waals surface area contributed by atoms with E-state index in [0.717, 1.165) is 5.92 Å². The monoisotopic (exact) mass is 198 g/mol. The van der Waals surface area contributed by atoms with Crippen LogP contribution >= 0.6 is 0 Å². The predicted molar refractivity (Wildman–Crippen MR) is 58.1 cm³/mol. The van der Waals surface area contributed by atoms with Gasteiger partial charge in [0.15, 0.2) is 0 Å². The zero-order chi connectivity index (χ0) is 10.8. The number of nitrogens with one attached hydrogen (secondary N) is 2. The Morgan fingerprint density at radius 3 is 2.64 bits per heavy atom. The highest BCUT2D eigenvalue weighted by Crippen LogP contribution is 2.34. The fraction of sp³-hybridized carbons (Fsp3) is 0.909. The number of hydrogen-bond donors (Lipinski definition) is 2. The van der Waals surface area contributed by atoms with E-state index in [4.69, 9.17) is 0 Å². The summed E-state index contributed by atoms with van der Waals surface area (Å²) >= 11 is 0. The van der Waals surface area contributed by atoms with Gasteiger partial charge in [-0.1, -0.05) is 13.3 Å². The van der Waals surface area contributed by atoms with Crippen molar-refractivity contribution in [3.63, 3.8) is 0 Å². The molecule has 1 rings (SSSR count). The average molecular weight is 198 g/mol. The lowest BCUT2D eigenvalue weighted by atomic mass is 10.1. The maximum atomic E-state index is 11.7. The van der Waals surface area contributed by atoms with Gasteiger partial charge in [-0.15, -0.1) is 0 Å². The quantitative estimate of drug-likeness (QED) is 0.699. The third-order valence-corrected chi connectivity index (χ3v) is 3.09. The molecular weight excluding hydrogens is 176 g/mol. The maximum absolute atomic E-state index is 11.7. The van der Waals surface area contributed by atoms with Gasteiger partial charge in [-0.3, -0.25) is 4.79 Å². The lowest BCUT2D eigenvalue weighted by molar-refractivity contribution is -0.126. The van der Waals surface area contributed by atoms with E-state index >= 15 is 0 Å². The number of carbonyl (C=O) groups is 1. The van der Waals surface area contributed by atoms with Gasteiger partial charge in [0.05, 0.1) is 5.54 Å². The van der Waals surface area contributed by atoms with Crippen molar-refractivity contribution in [1.82, 2.24) is 10.6 Å². The molecule has 0 heterocycles. The molecule has 0 saturated heterocycles. The highest BCUT2D eigenvalue weighted by Gasteiger charge is 2.39. The van der Waals surface area contributed by atoms with E-state index in [2.05, 4.69) is 17.6 Å². The van der Waals surface area contributed by atoms with Crippen molar-refractivity contribution in [2.45, 2.75) is 51.6 Å². The third-order valence-electron chi connectivity index (χ3n) is 3.09. The third kappa shape index (κ3) is 2.71. The maximum Gasteiger partial charge on any atom is 0.239 e. The van der Waals surface area contributed by atoms with Crippen LogP contribution in [0.2, 0.25) is 0 Å². The Morgan fingerprint density at radius 2 is 2.14 bits per heavy atom. The van der Waals surface area contributed by atoms with E-state index in [-0.39, 0.29) is 5.91 Å². The number of hydrogen-bond acceptors (Lipinski definition) is 2. The molecule has 0 aromatic carbocycles. The second kappa shape index (κ2) is 4.30.